The van der Waals surface area contributed by atoms with Crippen LogP contribution < -0.4 is 85.7 Å². The summed E-state index contributed by atoms with van der Waals surface area (Å²) in [5.41, 5.74) is 8.48. The molecule has 0 saturated heterocycles. The fourth-order valence-corrected chi connectivity index (χ4v) is 6.09. The number of nitrogen functional groups attached to an aromatic ring is 1. The molecule has 6 aromatic carbocycles. The van der Waals surface area contributed by atoms with E-state index in [0.717, 1.165) is 23.9 Å². The SMILES string of the molecule is Nc1cc(S(=O)(=O)O)cc2cc(S(=O)(=O)O)c(N=Nc3ccc(Nc4ccc(N=Nc5ccc(Nc6ccccc6)cc5[O-])cc4)cc3)c([O-])c12.[Na+].[Na+]. The molecule has 0 fully saturated rings. The van der Waals surface area contributed by atoms with E-state index in [1.165, 1.54) is 18.2 Å². The molecule has 0 saturated carbocycles. The second-order valence-corrected chi connectivity index (χ2v) is 13.7. The summed E-state index contributed by atoms with van der Waals surface area (Å²) in [5, 5.41) is 47.5. The van der Waals surface area contributed by atoms with Gasteiger partial charge in [0, 0.05) is 28.4 Å². The Labute approximate surface area is 347 Å². The van der Waals surface area contributed by atoms with Crippen molar-refractivity contribution in [2.24, 2.45) is 20.5 Å². The Morgan fingerprint density at radius 3 is 1.66 bits per heavy atom. The van der Waals surface area contributed by atoms with Gasteiger partial charge in [-0.3, -0.25) is 9.11 Å². The van der Waals surface area contributed by atoms with Crippen LogP contribution in [-0.2, 0) is 20.2 Å². The van der Waals surface area contributed by atoms with Gasteiger partial charge in [-0.05, 0) is 108 Å². The maximum Gasteiger partial charge on any atom is 1.00 e. The van der Waals surface area contributed by atoms with Gasteiger partial charge in [0.1, 0.15) is 4.90 Å². The topological polar surface area (TPSA) is 254 Å². The number of azo groups is 2. The Morgan fingerprint density at radius 2 is 1.11 bits per heavy atom. The molecule has 0 radical (unpaired) electrons. The van der Waals surface area contributed by atoms with Crippen molar-refractivity contribution in [3.8, 4) is 11.5 Å². The van der Waals surface area contributed by atoms with Crippen molar-refractivity contribution in [2.45, 2.75) is 9.79 Å². The molecule has 0 bridgehead atoms. The number of hydrogen-bond acceptors (Lipinski definition) is 13. The van der Waals surface area contributed by atoms with Crippen LogP contribution in [0.25, 0.3) is 10.8 Å². The number of nitrogens with zero attached hydrogens (tertiary/aromatic N) is 4. The first-order valence-corrected chi connectivity index (χ1v) is 17.6. The van der Waals surface area contributed by atoms with E-state index in [1.807, 2.05) is 30.3 Å². The number of anilines is 5. The third-order valence-electron chi connectivity index (χ3n) is 7.29. The number of rotatable bonds is 10. The maximum absolute atomic E-state index is 13.2. The molecule has 0 aliphatic heterocycles. The van der Waals surface area contributed by atoms with Gasteiger partial charge in [0.25, 0.3) is 20.2 Å². The Kier molecular flexibility index (Phi) is 13.4. The van der Waals surface area contributed by atoms with Crippen LogP contribution in [0.5, 0.6) is 11.5 Å². The van der Waals surface area contributed by atoms with Crippen molar-refractivity contribution in [1.29, 1.82) is 0 Å². The van der Waals surface area contributed by atoms with Crippen molar-refractivity contribution >= 4 is 82.2 Å². The molecular weight excluding hydrogens is 745 g/mol. The summed E-state index contributed by atoms with van der Waals surface area (Å²) >= 11 is 0. The average molecular weight is 770 g/mol. The molecule has 0 aliphatic rings. The summed E-state index contributed by atoms with van der Waals surface area (Å²) in [6.45, 7) is 0. The Balaban J connectivity index is 0.00000314. The Morgan fingerprint density at radius 1 is 0.585 bits per heavy atom. The van der Waals surface area contributed by atoms with E-state index in [0.29, 0.717) is 22.7 Å². The summed E-state index contributed by atoms with van der Waals surface area (Å²) < 4.78 is 66.6. The van der Waals surface area contributed by atoms with Crippen LogP contribution in [0.4, 0.5) is 51.2 Å². The van der Waals surface area contributed by atoms with Gasteiger partial charge in [-0.25, -0.2) is 0 Å². The minimum absolute atomic E-state index is 0. The fourth-order valence-electron chi connectivity index (χ4n) is 4.89. The standard InChI is InChI=1S/C34H27N7O8S2.2Na/c35-28-19-27(50(44,45)46)16-20-17-31(51(47,48)49)33(34(43)32(20)28)41-39-25-12-8-23(9-13-25)36-22-6-10-24(11-7-22)38-40-29-15-14-26(18-30(29)42)37-21-4-2-1-3-5-21;;/h1-19,36-37,42-43H,35H2,(H,44,45,46)(H,47,48,49);;/q;2*+1/p-2. The smallest absolute Gasteiger partial charge is 0.871 e. The van der Waals surface area contributed by atoms with E-state index in [2.05, 4.69) is 31.1 Å². The summed E-state index contributed by atoms with van der Waals surface area (Å²) in [5.74, 6) is -1.32. The van der Waals surface area contributed by atoms with E-state index in [-0.39, 0.29) is 92.7 Å². The molecule has 0 aliphatic carbocycles. The minimum Gasteiger partial charge on any atom is -0.871 e. The zero-order valence-electron chi connectivity index (χ0n) is 28.0. The third-order valence-corrected chi connectivity index (χ3v) is 8.99. The third kappa shape index (κ3) is 10.2. The molecule has 19 heteroatoms. The molecule has 0 unspecified atom stereocenters. The predicted octanol–water partition coefficient (Wildman–Crippen LogP) is 1.39. The van der Waals surface area contributed by atoms with E-state index in [1.54, 1.807) is 48.5 Å². The molecule has 0 heterocycles. The van der Waals surface area contributed by atoms with Crippen molar-refractivity contribution in [1.82, 2.24) is 0 Å². The fraction of sp³-hybridized carbons (Fsp3) is 0. The van der Waals surface area contributed by atoms with E-state index < -0.39 is 41.5 Å². The first-order valence-electron chi connectivity index (χ1n) is 14.7. The summed E-state index contributed by atoms with van der Waals surface area (Å²) in [7, 11) is -9.78. The van der Waals surface area contributed by atoms with Crippen LogP contribution in [-0.4, -0.2) is 25.9 Å². The number of nitrogens with one attached hydrogen (secondary N) is 2. The molecule has 15 nitrogen and oxygen atoms in total. The second-order valence-electron chi connectivity index (χ2n) is 10.9. The van der Waals surface area contributed by atoms with Gasteiger partial charge in [0.05, 0.1) is 27.6 Å². The molecule has 6 rings (SSSR count). The van der Waals surface area contributed by atoms with Gasteiger partial charge in [0.2, 0.25) is 0 Å². The number of nitrogens with two attached hydrogens (primary N) is 1. The summed E-state index contributed by atoms with van der Waals surface area (Å²) in [6, 6.07) is 30.0. The zero-order valence-corrected chi connectivity index (χ0v) is 33.6. The molecule has 6 aromatic rings. The van der Waals surface area contributed by atoms with E-state index in [4.69, 9.17) is 5.73 Å². The summed E-state index contributed by atoms with van der Waals surface area (Å²) in [6.07, 6.45) is 0. The van der Waals surface area contributed by atoms with Gasteiger partial charge in [-0.1, -0.05) is 29.7 Å². The quantitative estimate of drug-likeness (QED) is 0.0576. The molecule has 0 spiro atoms. The monoisotopic (exact) mass is 769 g/mol. The Bertz CT molecular complexity index is 2560. The molecule has 53 heavy (non-hydrogen) atoms. The number of para-hydroxylation sites is 1. The molecule has 0 amide bonds. The average Bonchev–Trinajstić information content (AvgIpc) is 3.08. The molecule has 0 aromatic heterocycles. The van der Waals surface area contributed by atoms with Crippen molar-refractivity contribution in [3.63, 3.8) is 0 Å². The first kappa shape index (κ1) is 41.4. The number of fused-ring (bicyclic) bond motifs is 1. The maximum atomic E-state index is 13.2. The van der Waals surface area contributed by atoms with Gasteiger partial charge < -0.3 is 26.6 Å². The van der Waals surface area contributed by atoms with Crippen LogP contribution in [0, 0.1) is 0 Å². The zero-order chi connectivity index (χ0) is 36.3. The van der Waals surface area contributed by atoms with Crippen LogP contribution in [0.3, 0.4) is 0 Å². The second kappa shape index (κ2) is 17.2. The van der Waals surface area contributed by atoms with Crippen molar-refractivity contribution in [3.05, 3.63) is 115 Å². The molecular formula is C34H25N7Na2O8S2. The number of hydrogen-bond donors (Lipinski definition) is 5. The molecule has 258 valence electrons. The van der Waals surface area contributed by atoms with E-state index in [9.17, 15) is 36.2 Å². The predicted molar refractivity (Wildman–Crippen MR) is 188 cm³/mol. The van der Waals surface area contributed by atoms with Crippen LogP contribution in [0.1, 0.15) is 0 Å². The first-order chi connectivity index (χ1) is 24.2. The van der Waals surface area contributed by atoms with Gasteiger partial charge in [-0.15, -0.1) is 5.11 Å². The molecule has 6 N–H and O–H groups in total. The van der Waals surface area contributed by atoms with Crippen LogP contribution in [0.15, 0.2) is 146 Å². The van der Waals surface area contributed by atoms with Crippen molar-refractivity contribution < 1.29 is 95.3 Å². The van der Waals surface area contributed by atoms with Crippen molar-refractivity contribution in [2.75, 3.05) is 16.4 Å². The van der Waals surface area contributed by atoms with Gasteiger partial charge in [0.15, 0.2) is 0 Å². The number of benzene rings is 6. The molecule has 0 atom stereocenters. The van der Waals surface area contributed by atoms with Crippen LogP contribution in [0.2, 0.25) is 0 Å². The van der Waals surface area contributed by atoms with Gasteiger partial charge >= 0.3 is 59.1 Å². The summed E-state index contributed by atoms with van der Waals surface area (Å²) in [4.78, 5) is -1.61. The van der Waals surface area contributed by atoms with Gasteiger partial charge in [-0.2, -0.15) is 32.2 Å². The van der Waals surface area contributed by atoms with E-state index >= 15 is 0 Å². The minimum atomic E-state index is -5.03. The normalized spacial score (nSPS) is 11.7. The largest absolute Gasteiger partial charge is 1.00 e. The Hall–Kier alpha value is -4.40. The van der Waals surface area contributed by atoms with Crippen LogP contribution >= 0.6 is 0 Å².